The molecule has 3 nitrogen and oxygen atoms in total. The molecule has 0 aromatic rings. The van der Waals surface area contributed by atoms with Crippen LogP contribution < -0.4 is 5.73 Å². The second-order valence-electron chi connectivity index (χ2n) is 2.85. The Hall–Kier alpha value is -0.280. The van der Waals surface area contributed by atoms with Crippen LogP contribution in [0.4, 0.5) is 0 Å². The number of nitrogens with two attached hydrogens (primary N) is 1. The summed E-state index contributed by atoms with van der Waals surface area (Å²) in [5, 5.41) is 8.36. The van der Waals surface area contributed by atoms with Crippen LogP contribution in [0.1, 0.15) is 39.0 Å². The molecule has 0 spiro atoms. The molecule has 1 atom stereocenters. The van der Waals surface area contributed by atoms with Crippen LogP contribution in [0.3, 0.4) is 0 Å². The lowest BCUT2D eigenvalue weighted by Gasteiger charge is -2.06. The van der Waals surface area contributed by atoms with E-state index in [1.165, 1.54) is 0 Å². The number of unbranched alkanes of at least 4 members (excludes halogenated alkanes) is 2. The predicted molar refractivity (Wildman–Crippen MR) is 51.6 cm³/mol. The molecule has 74 valence electrons. The highest BCUT2D eigenvalue weighted by Crippen LogP contribution is 2.03. The summed E-state index contributed by atoms with van der Waals surface area (Å²) >= 11 is 0. The first kappa shape index (κ1) is 14.3. The molecule has 0 radical (unpaired) electrons. The molecule has 0 amide bonds. The Balaban J connectivity index is 0. The molecule has 0 saturated carbocycles. The molecule has 3 N–H and O–H groups in total. The third-order valence-electron chi connectivity index (χ3n) is 1.62. The molecule has 0 aromatic carbocycles. The molecular weight excluding hydrogens is 178 g/mol. The summed E-state index contributed by atoms with van der Waals surface area (Å²) in [6.07, 6.45) is 4.28. The number of carboxylic acids is 1. The highest BCUT2D eigenvalue weighted by atomic mass is 35.5. The molecule has 0 heterocycles. The zero-order chi connectivity index (χ0) is 8.69. The van der Waals surface area contributed by atoms with E-state index in [1.54, 1.807) is 0 Å². The quantitative estimate of drug-likeness (QED) is 0.636. The second kappa shape index (κ2) is 8.81. The van der Waals surface area contributed by atoms with E-state index in [4.69, 9.17) is 10.8 Å². The lowest BCUT2D eigenvalue weighted by Crippen LogP contribution is -2.23. The maximum absolute atomic E-state index is 10.2. The Bertz CT molecular complexity index is 120. The highest BCUT2D eigenvalue weighted by Gasteiger charge is 2.06. The van der Waals surface area contributed by atoms with Gasteiger partial charge >= 0.3 is 5.97 Å². The Morgan fingerprint density at radius 3 is 2.50 bits per heavy atom. The van der Waals surface area contributed by atoms with E-state index >= 15 is 0 Å². The first-order chi connectivity index (χ1) is 5.16. The number of carboxylic acid groups (broad SMARTS) is 1. The van der Waals surface area contributed by atoms with Gasteiger partial charge in [-0.15, -0.1) is 12.4 Å². The molecule has 0 aromatic heterocycles. The number of rotatable bonds is 6. The summed E-state index contributed by atoms with van der Waals surface area (Å²) < 4.78 is 0. The maximum Gasteiger partial charge on any atom is 0.304 e. The van der Waals surface area contributed by atoms with Crippen molar-refractivity contribution >= 4 is 18.4 Å². The van der Waals surface area contributed by atoms with Crippen molar-refractivity contribution in [2.75, 3.05) is 0 Å². The minimum absolute atomic E-state index is 0. The van der Waals surface area contributed by atoms with Crippen molar-refractivity contribution in [3.05, 3.63) is 0 Å². The van der Waals surface area contributed by atoms with E-state index in [1.807, 2.05) is 0 Å². The Morgan fingerprint density at radius 1 is 1.50 bits per heavy atom. The van der Waals surface area contributed by atoms with Gasteiger partial charge in [-0.1, -0.05) is 26.2 Å². The number of hydrogen-bond acceptors (Lipinski definition) is 2. The van der Waals surface area contributed by atoms with Crippen molar-refractivity contribution in [1.29, 1.82) is 0 Å². The van der Waals surface area contributed by atoms with Gasteiger partial charge in [-0.05, 0) is 6.42 Å². The Labute approximate surface area is 79.7 Å². The van der Waals surface area contributed by atoms with E-state index in [2.05, 4.69) is 6.92 Å². The van der Waals surface area contributed by atoms with Crippen LogP contribution in [-0.4, -0.2) is 17.1 Å². The molecule has 0 aliphatic carbocycles. The van der Waals surface area contributed by atoms with Gasteiger partial charge in [-0.2, -0.15) is 0 Å². The first-order valence-electron chi connectivity index (χ1n) is 4.14. The summed E-state index contributed by atoms with van der Waals surface area (Å²) in [7, 11) is 0. The predicted octanol–water partition coefficient (Wildman–Crippen LogP) is 1.79. The normalized spacial score (nSPS) is 11.8. The van der Waals surface area contributed by atoms with Gasteiger partial charge < -0.3 is 10.8 Å². The van der Waals surface area contributed by atoms with Crippen LogP contribution in [0, 0.1) is 0 Å². The van der Waals surface area contributed by atoms with Crippen molar-refractivity contribution in [1.82, 2.24) is 0 Å². The molecule has 0 fully saturated rings. The summed E-state index contributed by atoms with van der Waals surface area (Å²) in [5.74, 6) is -0.797. The number of halogens is 1. The third-order valence-corrected chi connectivity index (χ3v) is 1.62. The third kappa shape index (κ3) is 9.72. The van der Waals surface area contributed by atoms with Gasteiger partial charge in [0.1, 0.15) is 0 Å². The zero-order valence-electron chi connectivity index (χ0n) is 7.45. The van der Waals surface area contributed by atoms with Crippen molar-refractivity contribution in [2.24, 2.45) is 5.73 Å². The highest BCUT2D eigenvalue weighted by molar-refractivity contribution is 5.85. The fourth-order valence-electron chi connectivity index (χ4n) is 0.983. The minimum Gasteiger partial charge on any atom is -0.481 e. The molecule has 12 heavy (non-hydrogen) atoms. The van der Waals surface area contributed by atoms with Crippen LogP contribution in [0.25, 0.3) is 0 Å². The standard InChI is InChI=1S/C8H17NO2.ClH/c1-2-3-4-5-7(9)6-8(10)11;/h7H,2-6,9H2,1H3,(H,10,11);1H/t7-;/m1./s1. The molecule has 0 aliphatic heterocycles. The summed E-state index contributed by atoms with van der Waals surface area (Å²) in [6.45, 7) is 2.11. The van der Waals surface area contributed by atoms with Crippen molar-refractivity contribution in [2.45, 2.75) is 45.1 Å². The van der Waals surface area contributed by atoms with Crippen LogP contribution in [0.15, 0.2) is 0 Å². The number of aliphatic carboxylic acids is 1. The molecule has 0 rings (SSSR count). The summed E-state index contributed by atoms with van der Waals surface area (Å²) in [4.78, 5) is 10.2. The lowest BCUT2D eigenvalue weighted by molar-refractivity contribution is -0.137. The van der Waals surface area contributed by atoms with Gasteiger partial charge in [0.25, 0.3) is 0 Å². The molecule has 0 unspecified atom stereocenters. The summed E-state index contributed by atoms with van der Waals surface area (Å²) in [6, 6.07) is -0.154. The van der Waals surface area contributed by atoms with Gasteiger partial charge in [0, 0.05) is 6.04 Å². The van der Waals surface area contributed by atoms with Crippen LogP contribution in [0.2, 0.25) is 0 Å². The van der Waals surface area contributed by atoms with Crippen molar-refractivity contribution < 1.29 is 9.90 Å². The molecule has 4 heteroatoms. The second-order valence-corrected chi connectivity index (χ2v) is 2.85. The Kier molecular flexibility index (Phi) is 10.5. The van der Waals surface area contributed by atoms with Crippen LogP contribution >= 0.6 is 12.4 Å². The average Bonchev–Trinajstić information content (AvgIpc) is 1.86. The first-order valence-corrected chi connectivity index (χ1v) is 4.14. The monoisotopic (exact) mass is 195 g/mol. The molecule has 0 bridgehead atoms. The van der Waals surface area contributed by atoms with E-state index in [-0.39, 0.29) is 24.9 Å². The molecule has 0 saturated heterocycles. The fourth-order valence-corrected chi connectivity index (χ4v) is 0.983. The van der Waals surface area contributed by atoms with E-state index in [9.17, 15) is 4.79 Å². The van der Waals surface area contributed by atoms with E-state index in [0.717, 1.165) is 25.7 Å². The average molecular weight is 196 g/mol. The topological polar surface area (TPSA) is 63.3 Å². The number of hydrogen-bond donors (Lipinski definition) is 2. The van der Waals surface area contributed by atoms with E-state index < -0.39 is 5.97 Å². The fraction of sp³-hybridized carbons (Fsp3) is 0.875. The van der Waals surface area contributed by atoms with Gasteiger partial charge in [-0.3, -0.25) is 4.79 Å². The van der Waals surface area contributed by atoms with Crippen LogP contribution in [-0.2, 0) is 4.79 Å². The van der Waals surface area contributed by atoms with Crippen LogP contribution in [0.5, 0.6) is 0 Å². The SMILES string of the molecule is CCCCC[C@@H](N)CC(=O)O.Cl. The van der Waals surface area contributed by atoms with Gasteiger partial charge in [0.2, 0.25) is 0 Å². The lowest BCUT2D eigenvalue weighted by atomic mass is 10.1. The minimum atomic E-state index is -0.797. The molecule has 0 aliphatic rings. The van der Waals surface area contributed by atoms with Crippen molar-refractivity contribution in [3.63, 3.8) is 0 Å². The summed E-state index contributed by atoms with van der Waals surface area (Å²) in [5.41, 5.74) is 5.53. The largest absolute Gasteiger partial charge is 0.481 e. The van der Waals surface area contributed by atoms with E-state index in [0.29, 0.717) is 0 Å². The van der Waals surface area contributed by atoms with Gasteiger partial charge in [-0.25, -0.2) is 0 Å². The van der Waals surface area contributed by atoms with Gasteiger partial charge in [0.15, 0.2) is 0 Å². The smallest absolute Gasteiger partial charge is 0.304 e. The Morgan fingerprint density at radius 2 is 2.08 bits per heavy atom. The van der Waals surface area contributed by atoms with Crippen molar-refractivity contribution in [3.8, 4) is 0 Å². The number of carbonyl (C=O) groups is 1. The molecular formula is C8H18ClNO2. The zero-order valence-corrected chi connectivity index (χ0v) is 8.27. The van der Waals surface area contributed by atoms with Gasteiger partial charge in [0.05, 0.1) is 6.42 Å². The maximum atomic E-state index is 10.2.